The van der Waals surface area contributed by atoms with Gasteiger partial charge in [0.25, 0.3) is 0 Å². The highest BCUT2D eigenvalue weighted by Gasteiger charge is 2.42. The Morgan fingerprint density at radius 1 is 1.14 bits per heavy atom. The van der Waals surface area contributed by atoms with Gasteiger partial charge in [0.05, 0.1) is 23.7 Å². The number of hydrogen-bond donors (Lipinski definition) is 2. The molecule has 204 valence electrons. The van der Waals surface area contributed by atoms with Crippen LogP contribution in [-0.2, 0) is 4.74 Å². The molecule has 37 heavy (non-hydrogen) atoms. The van der Waals surface area contributed by atoms with Crippen molar-refractivity contribution in [3.63, 3.8) is 0 Å². The molecule has 2 aromatic rings. The third-order valence-electron chi connectivity index (χ3n) is 7.32. The molecule has 2 amide bonds. The number of hydrogen-bond acceptors (Lipinski definition) is 6. The fraction of sp³-hybridized carbons (Fsp3) is 0.667. The maximum Gasteiger partial charge on any atom is 0.410 e. The Bertz CT molecular complexity index is 1180. The Morgan fingerprint density at radius 2 is 1.73 bits per heavy atom. The number of nitrogens with one attached hydrogen (secondary N) is 1. The fourth-order valence-corrected chi connectivity index (χ4v) is 5.83. The van der Waals surface area contributed by atoms with Gasteiger partial charge in [0.1, 0.15) is 5.60 Å². The van der Waals surface area contributed by atoms with Gasteiger partial charge in [0, 0.05) is 37.8 Å². The summed E-state index contributed by atoms with van der Waals surface area (Å²) in [4.78, 5) is 42.4. The summed E-state index contributed by atoms with van der Waals surface area (Å²) in [5, 5.41) is 13.8. The highest BCUT2D eigenvalue weighted by atomic mass is 16.6. The molecular formula is C27H41N5O5. The number of para-hydroxylation sites is 2. The van der Waals surface area contributed by atoms with Gasteiger partial charge in [-0.05, 0) is 72.4 Å². The Labute approximate surface area is 218 Å². The zero-order chi connectivity index (χ0) is 27.1. The van der Waals surface area contributed by atoms with E-state index >= 15 is 0 Å². The number of piperidine rings is 1. The molecule has 2 fully saturated rings. The summed E-state index contributed by atoms with van der Waals surface area (Å²) in [7, 11) is 1.63. The number of aliphatic hydroxyl groups is 1. The van der Waals surface area contributed by atoms with Crippen molar-refractivity contribution in [2.75, 3.05) is 20.1 Å². The van der Waals surface area contributed by atoms with E-state index in [4.69, 9.17) is 4.74 Å². The van der Waals surface area contributed by atoms with Gasteiger partial charge in [-0.2, -0.15) is 0 Å². The zero-order valence-corrected chi connectivity index (χ0v) is 22.8. The van der Waals surface area contributed by atoms with Crippen LogP contribution in [0.3, 0.4) is 0 Å². The van der Waals surface area contributed by atoms with E-state index in [1.165, 1.54) is 9.47 Å². The number of carbonyl (C=O) groups excluding carboxylic acids is 2. The molecule has 1 aromatic heterocycles. The number of imidazole rings is 1. The van der Waals surface area contributed by atoms with Crippen LogP contribution < -0.4 is 11.0 Å². The summed E-state index contributed by atoms with van der Waals surface area (Å²) in [5.41, 5.74) is 0.442. The van der Waals surface area contributed by atoms with Crippen molar-refractivity contribution in [2.45, 2.75) is 96.2 Å². The number of aliphatic hydroxyl groups excluding tert-OH is 1. The molecular weight excluding hydrogens is 474 g/mol. The second-order valence-electron chi connectivity index (χ2n) is 11.8. The first-order valence-corrected chi connectivity index (χ1v) is 13.3. The minimum absolute atomic E-state index is 0.0455. The summed E-state index contributed by atoms with van der Waals surface area (Å²) in [6, 6.07) is 7.34. The molecule has 0 aliphatic carbocycles. The van der Waals surface area contributed by atoms with Crippen LogP contribution in [0.5, 0.6) is 0 Å². The van der Waals surface area contributed by atoms with Crippen LogP contribution in [0.25, 0.3) is 11.0 Å². The third-order valence-corrected chi connectivity index (χ3v) is 7.32. The van der Waals surface area contributed by atoms with Crippen molar-refractivity contribution in [3.05, 3.63) is 34.7 Å². The summed E-state index contributed by atoms with van der Waals surface area (Å²) < 4.78 is 8.28. The van der Waals surface area contributed by atoms with Gasteiger partial charge in [0.2, 0.25) is 0 Å². The molecule has 2 N–H and O–H groups in total. The van der Waals surface area contributed by atoms with Crippen LogP contribution in [0.4, 0.5) is 9.59 Å². The van der Waals surface area contributed by atoms with E-state index < -0.39 is 23.8 Å². The van der Waals surface area contributed by atoms with Crippen molar-refractivity contribution < 1.29 is 19.4 Å². The van der Waals surface area contributed by atoms with Crippen LogP contribution in [0.1, 0.15) is 66.3 Å². The SMILES string of the molecule is CC(C)n1c(=O)n(C(=O)N[C@@H]2C[C@H]3CC[C@@H](C2)N3C[C@@H](O)CN(C)C(=O)OC(C)(C)C)c2ccccc21. The van der Waals surface area contributed by atoms with Crippen molar-refractivity contribution >= 4 is 23.2 Å². The number of carbonyl (C=O) groups is 2. The monoisotopic (exact) mass is 515 g/mol. The van der Waals surface area contributed by atoms with Gasteiger partial charge >= 0.3 is 17.8 Å². The second-order valence-corrected chi connectivity index (χ2v) is 11.8. The highest BCUT2D eigenvalue weighted by molar-refractivity contribution is 5.89. The number of ether oxygens (including phenoxy) is 1. The molecule has 2 bridgehead atoms. The summed E-state index contributed by atoms with van der Waals surface area (Å²) in [6.45, 7) is 9.96. The molecule has 0 spiro atoms. The largest absolute Gasteiger partial charge is 0.444 e. The molecule has 2 aliphatic rings. The Hall–Kier alpha value is -2.85. The van der Waals surface area contributed by atoms with E-state index in [1.807, 2.05) is 52.8 Å². The van der Waals surface area contributed by atoms with E-state index in [1.54, 1.807) is 17.7 Å². The van der Waals surface area contributed by atoms with Gasteiger partial charge in [-0.15, -0.1) is 0 Å². The van der Waals surface area contributed by atoms with E-state index in [0.29, 0.717) is 12.1 Å². The summed E-state index contributed by atoms with van der Waals surface area (Å²) in [6.07, 6.45) is 2.36. The average molecular weight is 516 g/mol. The molecule has 0 unspecified atom stereocenters. The molecule has 0 radical (unpaired) electrons. The topological polar surface area (TPSA) is 109 Å². The molecule has 10 heteroatoms. The standard InChI is InChI=1S/C27H41N5O5/c1-17(2)31-22-9-7-8-10-23(22)32(25(31)35)24(34)28-18-13-19-11-12-20(14-18)30(19)16-21(33)15-29(6)26(36)37-27(3,4)5/h7-10,17-21,33H,11-16H2,1-6H3,(H,28,34)/t18-,19-,20+,21-/m0/s1. The van der Waals surface area contributed by atoms with Crippen molar-refractivity contribution in [1.82, 2.24) is 24.3 Å². The van der Waals surface area contributed by atoms with Crippen molar-refractivity contribution in [3.8, 4) is 0 Å². The predicted molar refractivity (Wildman–Crippen MR) is 142 cm³/mol. The highest BCUT2D eigenvalue weighted by Crippen LogP contribution is 2.36. The minimum Gasteiger partial charge on any atom is -0.444 e. The maximum atomic E-state index is 13.3. The maximum absolute atomic E-state index is 13.3. The van der Waals surface area contributed by atoms with Crippen LogP contribution in [0.15, 0.2) is 29.1 Å². The first-order chi connectivity index (χ1) is 17.4. The van der Waals surface area contributed by atoms with Crippen LogP contribution in [-0.4, -0.2) is 86.1 Å². The number of nitrogens with zero attached hydrogens (tertiary/aromatic N) is 4. The van der Waals surface area contributed by atoms with Crippen molar-refractivity contribution in [1.29, 1.82) is 0 Å². The fourth-order valence-electron chi connectivity index (χ4n) is 5.83. The molecule has 4 rings (SSSR count). The molecule has 3 heterocycles. The molecule has 2 saturated heterocycles. The lowest BCUT2D eigenvalue weighted by Crippen LogP contribution is -2.54. The van der Waals surface area contributed by atoms with E-state index in [2.05, 4.69) is 10.2 Å². The van der Waals surface area contributed by atoms with Crippen LogP contribution in [0.2, 0.25) is 0 Å². The quantitative estimate of drug-likeness (QED) is 0.612. The third kappa shape index (κ3) is 5.85. The molecule has 1 aromatic carbocycles. The van der Waals surface area contributed by atoms with Crippen LogP contribution in [0, 0.1) is 0 Å². The van der Waals surface area contributed by atoms with Gasteiger partial charge in [-0.1, -0.05) is 12.1 Å². The van der Waals surface area contributed by atoms with Gasteiger partial charge in [-0.25, -0.2) is 19.0 Å². The predicted octanol–water partition coefficient (Wildman–Crippen LogP) is 3.16. The van der Waals surface area contributed by atoms with Gasteiger partial charge in [-0.3, -0.25) is 9.47 Å². The average Bonchev–Trinajstić information content (AvgIpc) is 3.20. The summed E-state index contributed by atoms with van der Waals surface area (Å²) in [5.74, 6) is 0. The lowest BCUT2D eigenvalue weighted by molar-refractivity contribution is 0.00932. The van der Waals surface area contributed by atoms with Crippen LogP contribution >= 0.6 is 0 Å². The zero-order valence-electron chi connectivity index (χ0n) is 22.8. The Kier molecular flexibility index (Phi) is 7.71. The van der Waals surface area contributed by atoms with E-state index in [9.17, 15) is 19.5 Å². The molecule has 10 nitrogen and oxygen atoms in total. The number of benzene rings is 1. The minimum atomic E-state index is -0.701. The Balaban J connectivity index is 1.38. The lowest BCUT2D eigenvalue weighted by Gasteiger charge is -2.40. The lowest BCUT2D eigenvalue weighted by atomic mass is 9.97. The first-order valence-electron chi connectivity index (χ1n) is 13.3. The van der Waals surface area contributed by atoms with Gasteiger partial charge in [0.15, 0.2) is 0 Å². The smallest absolute Gasteiger partial charge is 0.410 e. The summed E-state index contributed by atoms with van der Waals surface area (Å²) >= 11 is 0. The van der Waals surface area contributed by atoms with Crippen molar-refractivity contribution in [2.24, 2.45) is 0 Å². The van der Waals surface area contributed by atoms with Gasteiger partial charge < -0.3 is 20.1 Å². The number of likely N-dealkylation sites (N-methyl/N-ethyl adjacent to an activating group) is 1. The number of fused-ring (bicyclic) bond motifs is 3. The molecule has 2 aliphatic heterocycles. The Morgan fingerprint density at radius 3 is 2.30 bits per heavy atom. The normalized spacial score (nSPS) is 22.9. The number of aromatic nitrogens is 2. The molecule has 0 saturated carbocycles. The number of rotatable bonds is 6. The molecule has 4 atom stereocenters. The second kappa shape index (κ2) is 10.5. The first kappa shape index (κ1) is 27.2. The van der Waals surface area contributed by atoms with E-state index in [-0.39, 0.29) is 36.4 Å². The van der Waals surface area contributed by atoms with E-state index in [0.717, 1.165) is 31.2 Å². The number of amides is 2.